The maximum atomic E-state index is 11.0. The van der Waals surface area contributed by atoms with Gasteiger partial charge in [0.1, 0.15) is 0 Å². The number of amides is 2. The number of carbonyl (C=O) groups is 1. The summed E-state index contributed by atoms with van der Waals surface area (Å²) in [6, 6.07) is -0.0557. The lowest BCUT2D eigenvalue weighted by atomic mass is 10.1. The molecule has 2 amide bonds. The first-order valence-corrected chi connectivity index (χ1v) is 4.15. The number of nitrogens with zero attached hydrogens (tertiary/aromatic N) is 1. The fourth-order valence-corrected chi connectivity index (χ4v) is 1.89. The minimum Gasteiger partial charge on any atom is -0.377 e. The van der Waals surface area contributed by atoms with Gasteiger partial charge in [-0.2, -0.15) is 0 Å². The van der Waals surface area contributed by atoms with Crippen molar-refractivity contribution in [1.29, 1.82) is 0 Å². The number of urea groups is 1. The Balaban J connectivity index is 2.13. The molecule has 0 aromatic heterocycles. The molecule has 0 aromatic rings. The van der Waals surface area contributed by atoms with Crippen LogP contribution in [0.25, 0.3) is 0 Å². The van der Waals surface area contributed by atoms with E-state index in [0.29, 0.717) is 13.2 Å². The zero-order valence-electron chi connectivity index (χ0n) is 6.82. The summed E-state index contributed by atoms with van der Waals surface area (Å²) < 4.78 is 5.33. The molecular formula is C7H13N3O2. The van der Waals surface area contributed by atoms with E-state index in [2.05, 4.69) is 5.32 Å². The summed E-state index contributed by atoms with van der Waals surface area (Å²) in [5.74, 6) is 0. The van der Waals surface area contributed by atoms with Crippen molar-refractivity contribution in [2.75, 3.05) is 26.3 Å². The molecule has 0 radical (unpaired) electrons. The number of primary amides is 1. The van der Waals surface area contributed by atoms with Crippen LogP contribution in [0, 0.1) is 0 Å². The van der Waals surface area contributed by atoms with E-state index in [4.69, 9.17) is 10.5 Å². The molecule has 2 saturated heterocycles. The van der Waals surface area contributed by atoms with Crippen LogP contribution >= 0.6 is 0 Å². The number of nitrogens with one attached hydrogen (secondary N) is 1. The Bertz CT molecular complexity index is 175. The minimum absolute atomic E-state index is 0.134. The first-order valence-electron chi connectivity index (χ1n) is 4.15. The van der Waals surface area contributed by atoms with Crippen LogP contribution in [-0.2, 0) is 4.74 Å². The van der Waals surface area contributed by atoms with Gasteiger partial charge in [0.15, 0.2) is 0 Å². The van der Waals surface area contributed by atoms with E-state index in [-0.39, 0.29) is 18.1 Å². The fourth-order valence-electron chi connectivity index (χ4n) is 1.89. The number of rotatable bonds is 0. The van der Waals surface area contributed by atoms with Gasteiger partial charge < -0.3 is 20.7 Å². The number of hydrogen-bond acceptors (Lipinski definition) is 3. The molecule has 3 N–H and O–H groups in total. The molecule has 2 atom stereocenters. The molecule has 12 heavy (non-hydrogen) atoms. The highest BCUT2D eigenvalue weighted by atomic mass is 16.5. The number of carbonyl (C=O) groups excluding carboxylic acids is 1. The zero-order valence-corrected chi connectivity index (χ0v) is 6.82. The van der Waals surface area contributed by atoms with Crippen LogP contribution in [0.2, 0.25) is 0 Å². The monoisotopic (exact) mass is 171 g/mol. The number of hydrogen-bond donors (Lipinski definition) is 2. The topological polar surface area (TPSA) is 67.6 Å². The Labute approximate surface area is 70.8 Å². The summed E-state index contributed by atoms with van der Waals surface area (Å²) in [6.45, 7) is 2.79. The molecule has 2 aliphatic rings. The summed E-state index contributed by atoms with van der Waals surface area (Å²) in [5.41, 5.74) is 5.26. The van der Waals surface area contributed by atoms with Gasteiger partial charge in [0.05, 0.1) is 25.3 Å². The molecule has 0 aliphatic carbocycles. The largest absolute Gasteiger partial charge is 0.377 e. The van der Waals surface area contributed by atoms with E-state index in [1.165, 1.54) is 0 Å². The normalized spacial score (nSPS) is 34.8. The molecular weight excluding hydrogens is 158 g/mol. The van der Waals surface area contributed by atoms with Crippen LogP contribution in [0.4, 0.5) is 4.79 Å². The second kappa shape index (κ2) is 2.91. The third-order valence-corrected chi connectivity index (χ3v) is 2.42. The van der Waals surface area contributed by atoms with Crippen molar-refractivity contribution in [3.8, 4) is 0 Å². The van der Waals surface area contributed by atoms with Gasteiger partial charge in [0.2, 0.25) is 0 Å². The molecule has 68 valence electrons. The van der Waals surface area contributed by atoms with E-state index in [0.717, 1.165) is 13.1 Å². The standard InChI is InChI=1S/C7H13N3O2/c8-7(11)10-5-1-9-2-6(10)4-12-3-5/h5-6,9H,1-4H2,(H2,8,11). The lowest BCUT2D eigenvalue weighted by molar-refractivity contribution is -0.0393. The minimum atomic E-state index is -0.324. The second-order valence-electron chi connectivity index (χ2n) is 3.25. The summed E-state index contributed by atoms with van der Waals surface area (Å²) >= 11 is 0. The molecule has 2 fully saturated rings. The van der Waals surface area contributed by atoms with Crippen LogP contribution in [0.15, 0.2) is 0 Å². The summed E-state index contributed by atoms with van der Waals surface area (Å²) in [5, 5.41) is 3.24. The third-order valence-electron chi connectivity index (χ3n) is 2.42. The molecule has 0 saturated carbocycles. The van der Waals surface area contributed by atoms with Crippen LogP contribution in [0.5, 0.6) is 0 Å². The molecule has 0 spiro atoms. The van der Waals surface area contributed by atoms with Crippen molar-refractivity contribution >= 4 is 6.03 Å². The Morgan fingerprint density at radius 2 is 2.00 bits per heavy atom. The average molecular weight is 171 g/mol. The molecule has 2 unspecified atom stereocenters. The number of nitrogens with two attached hydrogens (primary N) is 1. The van der Waals surface area contributed by atoms with E-state index < -0.39 is 0 Å². The highest BCUT2D eigenvalue weighted by Gasteiger charge is 2.36. The maximum Gasteiger partial charge on any atom is 0.315 e. The first kappa shape index (κ1) is 7.82. The summed E-state index contributed by atoms with van der Waals surface area (Å²) in [7, 11) is 0. The van der Waals surface area contributed by atoms with Crippen molar-refractivity contribution in [1.82, 2.24) is 10.2 Å². The highest BCUT2D eigenvalue weighted by molar-refractivity contribution is 5.73. The van der Waals surface area contributed by atoms with E-state index in [9.17, 15) is 4.79 Å². The Morgan fingerprint density at radius 1 is 1.42 bits per heavy atom. The van der Waals surface area contributed by atoms with Crippen molar-refractivity contribution < 1.29 is 9.53 Å². The average Bonchev–Trinajstić information content (AvgIpc) is 2.02. The number of morpholine rings is 1. The van der Waals surface area contributed by atoms with Gasteiger partial charge in [0.25, 0.3) is 0 Å². The second-order valence-corrected chi connectivity index (χ2v) is 3.25. The van der Waals surface area contributed by atoms with Gasteiger partial charge in [-0.15, -0.1) is 0 Å². The van der Waals surface area contributed by atoms with Gasteiger partial charge in [-0.1, -0.05) is 0 Å². The number of ether oxygens (including phenoxy) is 1. The lowest BCUT2D eigenvalue weighted by Gasteiger charge is -2.44. The van der Waals surface area contributed by atoms with E-state index in [1.807, 2.05) is 0 Å². The fraction of sp³-hybridized carbons (Fsp3) is 0.857. The van der Waals surface area contributed by atoms with Crippen LogP contribution < -0.4 is 11.1 Å². The van der Waals surface area contributed by atoms with E-state index >= 15 is 0 Å². The van der Waals surface area contributed by atoms with Crippen molar-refractivity contribution in [3.05, 3.63) is 0 Å². The SMILES string of the molecule is NC(=O)N1C2CNCC1COC2. The van der Waals surface area contributed by atoms with Crippen molar-refractivity contribution in [2.24, 2.45) is 5.73 Å². The molecule has 2 aliphatic heterocycles. The highest BCUT2D eigenvalue weighted by Crippen LogP contribution is 2.15. The van der Waals surface area contributed by atoms with Crippen LogP contribution in [0.3, 0.4) is 0 Å². The molecule has 5 heteroatoms. The van der Waals surface area contributed by atoms with Crippen LogP contribution in [0.1, 0.15) is 0 Å². The van der Waals surface area contributed by atoms with Gasteiger partial charge in [-0.3, -0.25) is 0 Å². The lowest BCUT2D eigenvalue weighted by Crippen LogP contribution is -2.66. The predicted molar refractivity (Wildman–Crippen MR) is 42.7 cm³/mol. The van der Waals surface area contributed by atoms with Gasteiger partial charge >= 0.3 is 6.03 Å². The Morgan fingerprint density at radius 3 is 2.42 bits per heavy atom. The maximum absolute atomic E-state index is 11.0. The predicted octanol–water partition coefficient (Wildman–Crippen LogP) is -1.26. The smallest absolute Gasteiger partial charge is 0.315 e. The van der Waals surface area contributed by atoms with Crippen LogP contribution in [-0.4, -0.2) is 49.3 Å². The van der Waals surface area contributed by atoms with Gasteiger partial charge in [0, 0.05) is 13.1 Å². The summed E-state index contributed by atoms with van der Waals surface area (Å²) in [6.07, 6.45) is 0. The number of piperazine rings is 1. The molecule has 2 rings (SSSR count). The van der Waals surface area contributed by atoms with Crippen molar-refractivity contribution in [3.63, 3.8) is 0 Å². The Kier molecular flexibility index (Phi) is 1.90. The van der Waals surface area contributed by atoms with Crippen molar-refractivity contribution in [2.45, 2.75) is 12.1 Å². The zero-order chi connectivity index (χ0) is 8.55. The third kappa shape index (κ3) is 1.15. The number of fused-ring (bicyclic) bond motifs is 2. The quantitative estimate of drug-likeness (QED) is 0.478. The first-order chi connectivity index (χ1) is 5.79. The summed E-state index contributed by atoms with van der Waals surface area (Å²) in [4.78, 5) is 12.8. The molecule has 2 heterocycles. The molecule has 5 nitrogen and oxygen atoms in total. The molecule has 0 aromatic carbocycles. The van der Waals surface area contributed by atoms with Gasteiger partial charge in [-0.25, -0.2) is 4.79 Å². The Hall–Kier alpha value is -0.810. The van der Waals surface area contributed by atoms with Gasteiger partial charge in [-0.05, 0) is 0 Å². The molecule has 2 bridgehead atoms. The van der Waals surface area contributed by atoms with E-state index in [1.54, 1.807) is 4.90 Å².